The van der Waals surface area contributed by atoms with Gasteiger partial charge < -0.3 is 4.57 Å². The summed E-state index contributed by atoms with van der Waals surface area (Å²) in [5.74, 6) is 0. The van der Waals surface area contributed by atoms with Crippen molar-refractivity contribution in [3.05, 3.63) is 156 Å². The number of hydrogen-bond acceptors (Lipinski definition) is 3. The van der Waals surface area contributed by atoms with E-state index >= 15 is 0 Å². The number of thiophene rings is 1. The van der Waals surface area contributed by atoms with Crippen molar-refractivity contribution in [3.63, 3.8) is 0 Å². The highest BCUT2D eigenvalue weighted by Gasteiger charge is 2.17. The first-order valence-corrected chi connectivity index (χ1v) is 14.8. The second-order valence-electron chi connectivity index (χ2n) is 10.4. The fraction of sp³-hybridized carbons (Fsp3) is 0. The summed E-state index contributed by atoms with van der Waals surface area (Å²) in [6, 6.07) is 48.2. The maximum atomic E-state index is 8.75. The minimum atomic E-state index is 0.470. The van der Waals surface area contributed by atoms with Crippen molar-refractivity contribution in [3.8, 4) is 5.69 Å². The molecule has 6 aromatic carbocycles. The average molecular weight is 556 g/mol. The van der Waals surface area contributed by atoms with Crippen LogP contribution in [0.2, 0.25) is 0 Å². The third-order valence-electron chi connectivity index (χ3n) is 7.92. The van der Waals surface area contributed by atoms with E-state index in [0.29, 0.717) is 5.71 Å². The van der Waals surface area contributed by atoms with E-state index in [1.54, 1.807) is 0 Å². The van der Waals surface area contributed by atoms with Crippen molar-refractivity contribution in [1.82, 2.24) is 4.57 Å². The summed E-state index contributed by atoms with van der Waals surface area (Å²) in [5, 5.41) is 13.9. The maximum Gasteiger partial charge on any atom is 0.0723 e. The molecule has 0 aliphatic heterocycles. The summed E-state index contributed by atoms with van der Waals surface area (Å²) in [6.45, 7) is 0. The van der Waals surface area contributed by atoms with Gasteiger partial charge in [-0.2, -0.15) is 0 Å². The lowest BCUT2D eigenvalue weighted by Gasteiger charge is -2.09. The molecular weight excluding hydrogens is 531 g/mol. The largest absolute Gasteiger partial charge is 0.308 e. The minimum absolute atomic E-state index is 0.470. The maximum absolute atomic E-state index is 8.75. The van der Waals surface area contributed by atoms with Gasteiger partial charge in [0.05, 0.1) is 27.1 Å². The van der Waals surface area contributed by atoms with Crippen LogP contribution in [0.5, 0.6) is 0 Å². The zero-order valence-corrected chi connectivity index (χ0v) is 23.5. The summed E-state index contributed by atoms with van der Waals surface area (Å²) in [4.78, 5) is 4.81. The van der Waals surface area contributed by atoms with Gasteiger partial charge in [0.1, 0.15) is 0 Å². The molecule has 0 bridgehead atoms. The SMILES string of the molecule is N=C(c1ccccc1)c1ccccc1N=Cc1ccc(-n2c3ccccc3c3ccc4c5ccccc5sc4c32)cc1. The molecule has 198 valence electrons. The van der Waals surface area contributed by atoms with Crippen molar-refractivity contribution in [2.24, 2.45) is 4.99 Å². The Hall–Kier alpha value is -5.32. The van der Waals surface area contributed by atoms with Gasteiger partial charge in [0.15, 0.2) is 0 Å². The van der Waals surface area contributed by atoms with Crippen molar-refractivity contribution >= 4 is 70.9 Å². The van der Waals surface area contributed by atoms with Gasteiger partial charge >= 0.3 is 0 Å². The number of benzene rings is 6. The van der Waals surface area contributed by atoms with E-state index in [1.165, 1.54) is 42.0 Å². The summed E-state index contributed by atoms with van der Waals surface area (Å²) in [5.41, 5.74) is 7.53. The Morgan fingerprint density at radius 1 is 0.619 bits per heavy atom. The first-order valence-electron chi connectivity index (χ1n) is 14.0. The van der Waals surface area contributed by atoms with Crippen LogP contribution in [0.3, 0.4) is 0 Å². The monoisotopic (exact) mass is 555 g/mol. The molecule has 1 N–H and O–H groups in total. The molecular formula is C38H25N3S. The van der Waals surface area contributed by atoms with E-state index in [2.05, 4.69) is 89.5 Å². The molecule has 42 heavy (non-hydrogen) atoms. The molecule has 0 radical (unpaired) electrons. The normalized spacial score (nSPS) is 11.8. The summed E-state index contributed by atoms with van der Waals surface area (Å²) in [6.07, 6.45) is 1.89. The predicted octanol–water partition coefficient (Wildman–Crippen LogP) is 10.3. The molecule has 0 atom stereocenters. The van der Waals surface area contributed by atoms with E-state index < -0.39 is 0 Å². The highest BCUT2D eigenvalue weighted by atomic mass is 32.1. The number of hydrogen-bond donors (Lipinski definition) is 1. The third-order valence-corrected chi connectivity index (χ3v) is 9.11. The van der Waals surface area contributed by atoms with E-state index in [4.69, 9.17) is 10.4 Å². The smallest absolute Gasteiger partial charge is 0.0723 e. The van der Waals surface area contributed by atoms with Crippen LogP contribution in [-0.4, -0.2) is 16.5 Å². The fourth-order valence-corrected chi connectivity index (χ4v) is 7.15. The lowest BCUT2D eigenvalue weighted by molar-refractivity contribution is 1.19. The van der Waals surface area contributed by atoms with Crippen molar-refractivity contribution in [2.45, 2.75) is 0 Å². The molecule has 0 spiro atoms. The van der Waals surface area contributed by atoms with Gasteiger partial charge in [-0.25, -0.2) is 0 Å². The third kappa shape index (κ3) is 3.96. The average Bonchev–Trinajstić information content (AvgIpc) is 3.60. The molecule has 8 aromatic rings. The van der Waals surface area contributed by atoms with Gasteiger partial charge in [-0.05, 0) is 35.9 Å². The van der Waals surface area contributed by atoms with Gasteiger partial charge in [0.25, 0.3) is 0 Å². The van der Waals surface area contributed by atoms with Crippen molar-refractivity contribution in [2.75, 3.05) is 0 Å². The van der Waals surface area contributed by atoms with Crippen LogP contribution in [0.15, 0.2) is 145 Å². The standard InChI is InChI=1S/C38H25N3S/c39-36(26-10-2-1-3-11-26)32-14-4-7-15-33(32)40-24-25-18-20-27(21-19-25)41-34-16-8-5-12-28(34)30-22-23-31-29-13-6-9-17-35(29)42-38(31)37(30)41/h1-24,39H. The summed E-state index contributed by atoms with van der Waals surface area (Å²) >= 11 is 1.87. The zero-order chi connectivity index (χ0) is 28.0. The van der Waals surface area contributed by atoms with Gasteiger partial charge in [-0.15, -0.1) is 11.3 Å². The second-order valence-corrected chi connectivity index (χ2v) is 11.4. The molecule has 3 nitrogen and oxygen atoms in total. The van der Waals surface area contributed by atoms with E-state index in [9.17, 15) is 0 Å². The summed E-state index contributed by atoms with van der Waals surface area (Å²) in [7, 11) is 0. The minimum Gasteiger partial charge on any atom is -0.308 e. The molecule has 0 aliphatic carbocycles. The number of fused-ring (bicyclic) bond motifs is 7. The number of nitrogens with one attached hydrogen (secondary N) is 1. The fourth-order valence-electron chi connectivity index (χ4n) is 5.91. The molecule has 0 amide bonds. The molecule has 0 unspecified atom stereocenters. The van der Waals surface area contributed by atoms with Crippen LogP contribution in [0.1, 0.15) is 16.7 Å². The van der Waals surface area contributed by atoms with E-state index in [1.807, 2.05) is 72.1 Å². The number of rotatable bonds is 5. The van der Waals surface area contributed by atoms with Gasteiger partial charge in [-0.1, -0.05) is 109 Å². The Morgan fingerprint density at radius 3 is 2.17 bits per heavy atom. The lowest BCUT2D eigenvalue weighted by atomic mass is 10.0. The summed E-state index contributed by atoms with van der Waals surface area (Å²) < 4.78 is 5.02. The lowest BCUT2D eigenvalue weighted by Crippen LogP contribution is -2.01. The van der Waals surface area contributed by atoms with Crippen LogP contribution in [0.25, 0.3) is 47.7 Å². The topological polar surface area (TPSA) is 41.1 Å². The highest BCUT2D eigenvalue weighted by Crippen LogP contribution is 2.42. The number of nitrogens with zero attached hydrogens (tertiary/aromatic N) is 2. The molecule has 0 saturated carbocycles. The number of para-hydroxylation sites is 2. The molecule has 8 rings (SSSR count). The van der Waals surface area contributed by atoms with Gasteiger partial charge in [0, 0.05) is 49.3 Å². The highest BCUT2D eigenvalue weighted by molar-refractivity contribution is 7.26. The number of aromatic nitrogens is 1. The van der Waals surface area contributed by atoms with Crippen molar-refractivity contribution < 1.29 is 0 Å². The Labute approximate surface area is 247 Å². The Balaban J connectivity index is 1.22. The number of aliphatic imine (C=N–C) groups is 1. The quantitative estimate of drug-likeness (QED) is 0.205. The molecule has 0 saturated heterocycles. The van der Waals surface area contributed by atoms with Crippen LogP contribution < -0.4 is 0 Å². The molecule has 2 heterocycles. The Morgan fingerprint density at radius 2 is 1.31 bits per heavy atom. The van der Waals surface area contributed by atoms with Gasteiger partial charge in [-0.3, -0.25) is 10.4 Å². The Bertz CT molecular complexity index is 2310. The predicted molar refractivity (Wildman–Crippen MR) is 180 cm³/mol. The van der Waals surface area contributed by atoms with E-state index in [0.717, 1.165) is 28.1 Å². The Kier molecular flexibility index (Phi) is 5.80. The first-order chi connectivity index (χ1) is 20.8. The molecule has 4 heteroatoms. The van der Waals surface area contributed by atoms with Crippen LogP contribution >= 0.6 is 11.3 Å². The van der Waals surface area contributed by atoms with Crippen LogP contribution in [0.4, 0.5) is 5.69 Å². The molecule has 0 fully saturated rings. The molecule has 0 aliphatic rings. The van der Waals surface area contributed by atoms with Crippen molar-refractivity contribution in [1.29, 1.82) is 5.41 Å². The van der Waals surface area contributed by atoms with E-state index in [-0.39, 0.29) is 0 Å². The van der Waals surface area contributed by atoms with Crippen LogP contribution in [0, 0.1) is 5.41 Å². The zero-order valence-electron chi connectivity index (χ0n) is 22.7. The second kappa shape index (κ2) is 9.95. The van der Waals surface area contributed by atoms with Crippen LogP contribution in [-0.2, 0) is 0 Å². The first kappa shape index (κ1) is 24.5. The molecule has 2 aromatic heterocycles. The van der Waals surface area contributed by atoms with Gasteiger partial charge in [0.2, 0.25) is 0 Å².